The van der Waals surface area contributed by atoms with Crippen LogP contribution in [0.15, 0.2) is 46.9 Å². The fraction of sp³-hybridized carbons (Fsp3) is 0.333. The summed E-state index contributed by atoms with van der Waals surface area (Å²) in [5.41, 5.74) is 11.2. The molecule has 2 nitrogen and oxygen atoms in total. The van der Waals surface area contributed by atoms with Crippen LogP contribution in [0, 0.1) is 0 Å². The van der Waals surface area contributed by atoms with Gasteiger partial charge in [-0.2, -0.15) is 0 Å². The molecule has 0 saturated carbocycles. The quantitative estimate of drug-likeness (QED) is 0.923. The molecule has 0 saturated heterocycles. The largest absolute Gasteiger partial charge is 0.326 e. The zero-order valence-corrected chi connectivity index (χ0v) is 13.8. The van der Waals surface area contributed by atoms with Crippen molar-refractivity contribution in [2.24, 2.45) is 5.73 Å². The number of hydrogen-bond acceptors (Lipinski definition) is 2. The molecule has 2 N–H and O–H groups in total. The van der Waals surface area contributed by atoms with E-state index in [0.29, 0.717) is 6.54 Å². The fourth-order valence-electron chi connectivity index (χ4n) is 2.96. The first kappa shape index (κ1) is 14.8. The van der Waals surface area contributed by atoms with E-state index in [1.54, 1.807) is 0 Å². The predicted octanol–water partition coefficient (Wildman–Crippen LogP) is 3.51. The lowest BCUT2D eigenvalue weighted by molar-refractivity contribution is 0.279. The van der Waals surface area contributed by atoms with Crippen LogP contribution >= 0.6 is 15.9 Å². The second-order valence-corrected chi connectivity index (χ2v) is 6.53. The molecule has 0 spiro atoms. The molecule has 0 amide bonds. The summed E-state index contributed by atoms with van der Waals surface area (Å²) in [4.78, 5) is 2.54. The van der Waals surface area contributed by atoms with Gasteiger partial charge in [0, 0.05) is 30.7 Å². The number of rotatable bonds is 3. The second-order valence-electron chi connectivity index (χ2n) is 5.67. The van der Waals surface area contributed by atoms with Gasteiger partial charge >= 0.3 is 0 Å². The molecule has 1 aliphatic heterocycles. The van der Waals surface area contributed by atoms with Crippen molar-refractivity contribution in [3.63, 3.8) is 0 Å². The number of hydrogen-bond donors (Lipinski definition) is 1. The third-order valence-corrected chi connectivity index (χ3v) is 5.00. The maximum absolute atomic E-state index is 5.69. The Morgan fingerprint density at radius 2 is 1.67 bits per heavy atom. The topological polar surface area (TPSA) is 29.3 Å². The van der Waals surface area contributed by atoms with E-state index in [9.17, 15) is 0 Å². The van der Waals surface area contributed by atoms with Crippen LogP contribution in [0.4, 0.5) is 0 Å². The minimum absolute atomic E-state index is 0.595. The molecular weight excluding hydrogens is 324 g/mol. The van der Waals surface area contributed by atoms with Crippen LogP contribution in [-0.2, 0) is 25.9 Å². The zero-order valence-electron chi connectivity index (χ0n) is 12.2. The smallest absolute Gasteiger partial charge is 0.0245 e. The van der Waals surface area contributed by atoms with Crippen molar-refractivity contribution >= 4 is 15.9 Å². The zero-order chi connectivity index (χ0) is 14.7. The Bertz CT molecular complexity index is 597. The molecule has 0 radical (unpaired) electrons. The lowest BCUT2D eigenvalue weighted by atomic mass is 10.0. The summed E-state index contributed by atoms with van der Waals surface area (Å²) < 4.78 is 1.17. The summed E-state index contributed by atoms with van der Waals surface area (Å²) in [6.45, 7) is 3.85. The Kier molecular flexibility index (Phi) is 4.73. The van der Waals surface area contributed by atoms with Crippen molar-refractivity contribution in [2.75, 3.05) is 13.1 Å². The molecular formula is C18H21BrN2. The normalized spacial score (nSPS) is 15.5. The Morgan fingerprint density at radius 1 is 1.00 bits per heavy atom. The third-order valence-electron chi connectivity index (χ3n) is 4.26. The molecule has 2 aromatic rings. The molecule has 0 unspecified atom stereocenters. The van der Waals surface area contributed by atoms with Crippen LogP contribution in [0.1, 0.15) is 22.3 Å². The molecule has 110 valence electrons. The predicted molar refractivity (Wildman–Crippen MR) is 91.2 cm³/mol. The van der Waals surface area contributed by atoms with Crippen LogP contribution < -0.4 is 5.73 Å². The maximum atomic E-state index is 5.69. The van der Waals surface area contributed by atoms with E-state index >= 15 is 0 Å². The van der Waals surface area contributed by atoms with Gasteiger partial charge in [-0.1, -0.05) is 52.3 Å². The maximum Gasteiger partial charge on any atom is 0.0245 e. The highest BCUT2D eigenvalue weighted by molar-refractivity contribution is 9.10. The van der Waals surface area contributed by atoms with Gasteiger partial charge in [0.25, 0.3) is 0 Å². The van der Waals surface area contributed by atoms with Crippen LogP contribution in [0.3, 0.4) is 0 Å². The van der Waals surface area contributed by atoms with Crippen molar-refractivity contribution in [3.05, 3.63) is 69.2 Å². The number of nitrogens with two attached hydrogens (primary N) is 1. The first-order chi connectivity index (χ1) is 10.3. The van der Waals surface area contributed by atoms with Crippen LogP contribution in [-0.4, -0.2) is 18.0 Å². The Balaban J connectivity index is 1.70. The molecule has 3 heteroatoms. The van der Waals surface area contributed by atoms with Crippen molar-refractivity contribution in [1.29, 1.82) is 0 Å². The van der Waals surface area contributed by atoms with Crippen LogP contribution in [0.25, 0.3) is 0 Å². The summed E-state index contributed by atoms with van der Waals surface area (Å²) in [5, 5.41) is 0. The average molecular weight is 345 g/mol. The Labute approximate surface area is 135 Å². The number of benzene rings is 2. The molecule has 1 heterocycles. The SMILES string of the molecule is NCc1ccc(CN2CCc3ccccc3CC2)c(Br)c1. The third kappa shape index (κ3) is 3.54. The lowest BCUT2D eigenvalue weighted by Gasteiger charge is -2.20. The number of nitrogens with zero attached hydrogens (tertiary/aromatic N) is 1. The highest BCUT2D eigenvalue weighted by Gasteiger charge is 2.14. The number of halogens is 1. The summed E-state index contributed by atoms with van der Waals surface area (Å²) in [5.74, 6) is 0. The molecule has 0 atom stereocenters. The van der Waals surface area contributed by atoms with Gasteiger partial charge in [0.1, 0.15) is 0 Å². The summed E-state index contributed by atoms with van der Waals surface area (Å²) >= 11 is 3.68. The molecule has 3 rings (SSSR count). The van der Waals surface area contributed by atoms with Gasteiger partial charge in [-0.05, 0) is 41.2 Å². The van der Waals surface area contributed by atoms with Crippen LogP contribution in [0.2, 0.25) is 0 Å². The van der Waals surface area contributed by atoms with E-state index in [1.165, 1.54) is 26.7 Å². The van der Waals surface area contributed by atoms with E-state index in [1.807, 2.05) is 0 Å². The van der Waals surface area contributed by atoms with Gasteiger partial charge in [0.05, 0.1) is 0 Å². The first-order valence-electron chi connectivity index (χ1n) is 7.53. The molecule has 2 aromatic carbocycles. The van der Waals surface area contributed by atoms with Crippen molar-refractivity contribution in [1.82, 2.24) is 4.90 Å². The summed E-state index contributed by atoms with van der Waals surface area (Å²) in [6, 6.07) is 15.3. The van der Waals surface area contributed by atoms with E-state index in [0.717, 1.165) is 32.5 Å². The Hall–Kier alpha value is -1.16. The highest BCUT2D eigenvalue weighted by Crippen LogP contribution is 2.22. The highest BCUT2D eigenvalue weighted by atomic mass is 79.9. The standard InChI is InChI=1S/C18H21BrN2/c19-18-11-14(12-20)5-6-17(18)13-21-9-7-15-3-1-2-4-16(15)8-10-21/h1-6,11H,7-10,12-13,20H2. The molecule has 0 aliphatic carbocycles. The molecule has 0 bridgehead atoms. The average Bonchev–Trinajstić information content (AvgIpc) is 2.72. The van der Waals surface area contributed by atoms with Gasteiger partial charge in [0.2, 0.25) is 0 Å². The van der Waals surface area contributed by atoms with Gasteiger partial charge in [-0.25, -0.2) is 0 Å². The minimum Gasteiger partial charge on any atom is -0.326 e. The van der Waals surface area contributed by atoms with Gasteiger partial charge < -0.3 is 5.73 Å². The van der Waals surface area contributed by atoms with Gasteiger partial charge in [0.15, 0.2) is 0 Å². The second kappa shape index (κ2) is 6.73. The minimum atomic E-state index is 0.595. The van der Waals surface area contributed by atoms with Gasteiger partial charge in [-0.15, -0.1) is 0 Å². The van der Waals surface area contributed by atoms with E-state index < -0.39 is 0 Å². The van der Waals surface area contributed by atoms with Crippen molar-refractivity contribution in [3.8, 4) is 0 Å². The summed E-state index contributed by atoms with van der Waals surface area (Å²) in [6.07, 6.45) is 2.29. The molecule has 0 aromatic heterocycles. The fourth-order valence-corrected chi connectivity index (χ4v) is 3.51. The van der Waals surface area contributed by atoms with Gasteiger partial charge in [-0.3, -0.25) is 4.90 Å². The summed E-state index contributed by atoms with van der Waals surface area (Å²) in [7, 11) is 0. The van der Waals surface area contributed by atoms with E-state index in [-0.39, 0.29) is 0 Å². The first-order valence-corrected chi connectivity index (χ1v) is 8.32. The lowest BCUT2D eigenvalue weighted by Crippen LogP contribution is -2.26. The monoisotopic (exact) mass is 344 g/mol. The van der Waals surface area contributed by atoms with Crippen molar-refractivity contribution in [2.45, 2.75) is 25.9 Å². The van der Waals surface area contributed by atoms with Crippen LogP contribution in [0.5, 0.6) is 0 Å². The molecule has 0 fully saturated rings. The van der Waals surface area contributed by atoms with E-state index in [4.69, 9.17) is 5.73 Å². The Morgan fingerprint density at radius 3 is 2.24 bits per heavy atom. The molecule has 21 heavy (non-hydrogen) atoms. The van der Waals surface area contributed by atoms with E-state index in [2.05, 4.69) is 63.3 Å². The number of fused-ring (bicyclic) bond motifs is 1. The van der Waals surface area contributed by atoms with Crippen molar-refractivity contribution < 1.29 is 0 Å². The molecule has 1 aliphatic rings.